The molecule has 10 rings (SSSR count). The zero-order chi connectivity index (χ0) is 46.7. The molecule has 0 radical (unpaired) electrons. The molecule has 3 fully saturated rings. The number of nitrogens with zero attached hydrogens (tertiary/aromatic N) is 5. The average molecular weight is 930 g/mol. The highest BCUT2D eigenvalue weighted by Gasteiger charge is 2.39. The van der Waals surface area contributed by atoms with E-state index in [4.69, 9.17) is 19.4 Å². The van der Waals surface area contributed by atoms with Gasteiger partial charge in [0.15, 0.2) is 0 Å². The van der Waals surface area contributed by atoms with Crippen LogP contribution in [0, 0.1) is 23.6 Å². The number of benzene rings is 2. The van der Waals surface area contributed by atoms with Crippen molar-refractivity contribution in [3.05, 3.63) is 88.1 Å². The van der Waals surface area contributed by atoms with Crippen LogP contribution >= 0.6 is 11.3 Å². The molecule has 1 aliphatic carbocycles. The third kappa shape index (κ3) is 8.35. The number of amides is 4. The number of likely N-dealkylation sites (tertiary alicyclic amines) is 2. The van der Waals surface area contributed by atoms with E-state index in [0.717, 1.165) is 58.6 Å². The van der Waals surface area contributed by atoms with Crippen LogP contribution in [0.25, 0.3) is 44.7 Å². The topological polar surface area (TPSA) is 180 Å². The van der Waals surface area contributed by atoms with Gasteiger partial charge in [0.2, 0.25) is 24.5 Å². The Balaban J connectivity index is 0.973. The molecule has 17 heteroatoms. The fourth-order valence-electron chi connectivity index (χ4n) is 10.1. The van der Waals surface area contributed by atoms with Gasteiger partial charge in [-0.15, -0.1) is 11.3 Å². The molecule has 4 aliphatic rings. The molecular formula is C50H56FN9O6S. The molecule has 4 aromatic heterocycles. The lowest BCUT2D eigenvalue weighted by molar-refractivity contribution is -0.137. The number of fused-ring (bicyclic) bond motifs is 5. The molecule has 7 heterocycles. The van der Waals surface area contributed by atoms with Crippen molar-refractivity contribution in [2.45, 2.75) is 103 Å². The summed E-state index contributed by atoms with van der Waals surface area (Å²) < 4.78 is 30.7. The molecule has 350 valence electrons. The first-order valence-electron chi connectivity index (χ1n) is 23.4. The van der Waals surface area contributed by atoms with Crippen LogP contribution in [0.2, 0.25) is 0 Å². The minimum atomic E-state index is -0.735. The zero-order valence-corrected chi connectivity index (χ0v) is 39.1. The highest BCUT2D eigenvalue weighted by molar-refractivity contribution is 7.12. The highest BCUT2D eigenvalue weighted by atomic mass is 32.1. The third-order valence-corrected chi connectivity index (χ3v) is 15.0. The van der Waals surface area contributed by atoms with Crippen LogP contribution in [0.5, 0.6) is 5.75 Å². The second-order valence-corrected chi connectivity index (χ2v) is 20.2. The molecule has 2 aromatic carbocycles. The Morgan fingerprint density at radius 1 is 0.866 bits per heavy atom. The molecule has 15 nitrogen and oxygen atoms in total. The van der Waals surface area contributed by atoms with E-state index >= 15 is 4.39 Å². The number of carbonyl (C=O) groups excluding carboxylic acids is 4. The minimum absolute atomic E-state index is 0.0886. The van der Waals surface area contributed by atoms with E-state index in [9.17, 15) is 19.2 Å². The first-order chi connectivity index (χ1) is 32.4. The number of H-pyrrole nitrogens is 2. The first kappa shape index (κ1) is 44.4. The van der Waals surface area contributed by atoms with E-state index in [0.29, 0.717) is 65.8 Å². The third-order valence-electron chi connectivity index (χ3n) is 13.8. The highest BCUT2D eigenvalue weighted by Crippen LogP contribution is 2.49. The van der Waals surface area contributed by atoms with Crippen molar-refractivity contribution in [2.75, 3.05) is 20.2 Å². The molecule has 6 aromatic rings. The zero-order valence-electron chi connectivity index (χ0n) is 38.3. The maximum atomic E-state index is 16.9. The molecule has 0 spiro atoms. The maximum absolute atomic E-state index is 16.9. The Bertz CT molecular complexity index is 2860. The van der Waals surface area contributed by atoms with Gasteiger partial charge in [0.1, 0.15) is 35.3 Å². The summed E-state index contributed by atoms with van der Waals surface area (Å²) in [7, 11) is 1.28. The van der Waals surface area contributed by atoms with Crippen molar-refractivity contribution in [1.82, 2.24) is 44.9 Å². The van der Waals surface area contributed by atoms with Crippen molar-refractivity contribution in [1.29, 1.82) is 0 Å². The summed E-state index contributed by atoms with van der Waals surface area (Å²) in [5, 5.41) is 6.29. The number of thiophene rings is 1. The number of rotatable bonds is 14. The predicted molar refractivity (Wildman–Crippen MR) is 251 cm³/mol. The largest absolute Gasteiger partial charge is 0.464 e. The van der Waals surface area contributed by atoms with E-state index in [1.165, 1.54) is 30.9 Å². The van der Waals surface area contributed by atoms with Crippen LogP contribution in [0.3, 0.4) is 0 Å². The second kappa shape index (κ2) is 18.0. The van der Waals surface area contributed by atoms with Crippen LogP contribution in [0.15, 0.2) is 60.9 Å². The van der Waals surface area contributed by atoms with Gasteiger partial charge in [-0.2, -0.15) is 0 Å². The maximum Gasteiger partial charge on any atom is 0.407 e. The van der Waals surface area contributed by atoms with Gasteiger partial charge < -0.3 is 39.9 Å². The van der Waals surface area contributed by atoms with Gasteiger partial charge in [0.25, 0.3) is 0 Å². The van der Waals surface area contributed by atoms with Gasteiger partial charge in [0, 0.05) is 34.5 Å². The summed E-state index contributed by atoms with van der Waals surface area (Å²) in [6.07, 6.45) is 9.40. The number of halogens is 1. The monoisotopic (exact) mass is 929 g/mol. The van der Waals surface area contributed by atoms with Crippen molar-refractivity contribution < 1.29 is 33.0 Å². The number of nitrogens with one attached hydrogen (secondary N) is 4. The van der Waals surface area contributed by atoms with Gasteiger partial charge in [0.05, 0.1) is 64.6 Å². The number of hydrogen-bond acceptors (Lipinski definition) is 9. The van der Waals surface area contributed by atoms with Gasteiger partial charge in [-0.3, -0.25) is 19.0 Å². The Labute approximate surface area is 391 Å². The van der Waals surface area contributed by atoms with E-state index in [-0.39, 0.29) is 35.7 Å². The van der Waals surface area contributed by atoms with Gasteiger partial charge in [-0.1, -0.05) is 33.8 Å². The molecule has 4 amide bonds. The Morgan fingerprint density at radius 3 is 2.15 bits per heavy atom. The smallest absolute Gasteiger partial charge is 0.407 e. The molecule has 5 atom stereocenters. The summed E-state index contributed by atoms with van der Waals surface area (Å²) in [6.45, 7) is 8.69. The number of imidazole rings is 2. The number of methoxy groups -OCH3 is 1. The summed E-state index contributed by atoms with van der Waals surface area (Å²) in [4.78, 5) is 73.2. The van der Waals surface area contributed by atoms with E-state index < -0.39 is 30.2 Å². The molecule has 0 bridgehead atoms. The first-order valence-corrected chi connectivity index (χ1v) is 24.2. The number of aromatic amines is 2. The molecular weight excluding hydrogens is 874 g/mol. The Morgan fingerprint density at radius 2 is 1.52 bits per heavy atom. The lowest BCUT2D eigenvalue weighted by Crippen LogP contribution is -2.51. The molecule has 1 unspecified atom stereocenters. The molecule has 1 saturated carbocycles. The fraction of sp³-hybridized carbons (Fsp3) is 0.440. The summed E-state index contributed by atoms with van der Waals surface area (Å²) >= 11 is 1.73. The van der Waals surface area contributed by atoms with E-state index in [2.05, 4.69) is 43.4 Å². The van der Waals surface area contributed by atoms with Crippen molar-refractivity contribution >= 4 is 46.6 Å². The molecule has 67 heavy (non-hydrogen) atoms. The van der Waals surface area contributed by atoms with Crippen molar-refractivity contribution in [3.63, 3.8) is 0 Å². The Hall–Kier alpha value is -6.49. The minimum Gasteiger partial charge on any atom is -0.464 e. The van der Waals surface area contributed by atoms with E-state index in [1.807, 2.05) is 52.0 Å². The van der Waals surface area contributed by atoms with Gasteiger partial charge >= 0.3 is 6.09 Å². The SMILES string of the molecule is COC(=O)N[C@H](C(=O)N1CCC[C@H]1c1ncc(-c2ccc3c(c2)cc2n3C(c3ccc(CC4CC4)s3)Oc3cc(-c4cnc([C@@H]5CCCN5C(=O)[C@@H](NC=O)C(C)C)[nH]4)cc(F)c3-2)[nH]1)C(C)C. The summed E-state index contributed by atoms with van der Waals surface area (Å²) in [5.74, 6) is 1.41. The van der Waals surface area contributed by atoms with Gasteiger partial charge in [-0.05, 0) is 105 Å². The number of aromatic nitrogens is 5. The van der Waals surface area contributed by atoms with Crippen LogP contribution in [0.4, 0.5) is 9.18 Å². The quantitative estimate of drug-likeness (QED) is 0.0784. The number of ether oxygens (including phenoxy) is 2. The molecule has 2 saturated heterocycles. The Kier molecular flexibility index (Phi) is 11.9. The summed E-state index contributed by atoms with van der Waals surface area (Å²) in [6, 6.07) is 13.9. The molecule has 3 aliphatic heterocycles. The molecule has 4 N–H and O–H groups in total. The van der Waals surface area contributed by atoms with Crippen molar-refractivity contribution in [3.8, 4) is 39.5 Å². The van der Waals surface area contributed by atoms with E-state index in [1.54, 1.807) is 33.5 Å². The average Bonchev–Trinajstić information content (AvgIpc) is 4.04. The lowest BCUT2D eigenvalue weighted by atomic mass is 10.0. The number of alkyl carbamates (subject to hydrolysis) is 1. The van der Waals surface area contributed by atoms with Crippen molar-refractivity contribution in [2.24, 2.45) is 17.8 Å². The van der Waals surface area contributed by atoms with Crippen LogP contribution in [0.1, 0.15) is 106 Å². The van der Waals surface area contributed by atoms with Crippen LogP contribution < -0.4 is 15.4 Å². The number of carbonyl (C=O) groups is 4. The summed E-state index contributed by atoms with van der Waals surface area (Å²) in [5.41, 5.74) is 4.77. The normalized spacial score (nSPS) is 19.9. The van der Waals surface area contributed by atoms with Gasteiger partial charge in [-0.25, -0.2) is 19.2 Å². The van der Waals surface area contributed by atoms with Crippen LogP contribution in [-0.4, -0.2) is 90.9 Å². The standard InChI is InChI=1S/C50H56FN9O6S/c1-26(2)43(54-25-61)47(62)58-16-6-8-37(58)46-53-24-35(56-46)30-20-33(51)42-39-21-31-19-29(12-14-36(31)60(39)49(66-40(42)22-30)41-15-13-32(67-41)18-28-10-11-28)34-23-52-45(55-34)38-9-7-17-59(38)48(63)44(27(3)4)57-50(64)65-5/h12-15,19-28,37-38,43-44,49H,6-11,16-18H2,1-5H3,(H,52,55)(H,53,56)(H,54,61)(H,57,64)/t37-,38-,43-,44-,49?/m0/s1. The predicted octanol–water partition coefficient (Wildman–Crippen LogP) is 8.66. The van der Waals surface area contributed by atoms with Crippen LogP contribution in [-0.2, 0) is 25.5 Å². The fourth-order valence-corrected chi connectivity index (χ4v) is 11.3. The lowest BCUT2D eigenvalue weighted by Gasteiger charge is -2.30. The second-order valence-electron chi connectivity index (χ2n) is 19.0. The number of hydrogen-bond donors (Lipinski definition) is 4.